The Kier molecular flexibility index (Phi) is 3.81. The molecule has 0 radical (unpaired) electrons. The Morgan fingerprint density at radius 1 is 0.818 bits per heavy atom. The molecular formula is C13H7F3N2O4. The predicted molar refractivity (Wildman–Crippen MR) is 70.2 cm³/mol. The summed E-state index contributed by atoms with van der Waals surface area (Å²) in [6.45, 7) is 0. The third-order valence-electron chi connectivity index (χ3n) is 2.91. The van der Waals surface area contributed by atoms with Crippen molar-refractivity contribution in [1.29, 1.82) is 0 Å². The number of para-hydroxylation sites is 1. The van der Waals surface area contributed by atoms with Crippen LogP contribution in [0.2, 0.25) is 0 Å². The van der Waals surface area contributed by atoms with Gasteiger partial charge in [-0.1, -0.05) is 12.1 Å². The topological polar surface area (TPSA) is 86.3 Å². The molecule has 114 valence electrons. The maximum atomic E-state index is 12.6. The summed E-state index contributed by atoms with van der Waals surface area (Å²) in [5.74, 6) is 0. The van der Waals surface area contributed by atoms with Gasteiger partial charge in [0.2, 0.25) is 0 Å². The van der Waals surface area contributed by atoms with Crippen LogP contribution in [0.15, 0.2) is 42.5 Å². The van der Waals surface area contributed by atoms with Crippen molar-refractivity contribution in [3.05, 3.63) is 68.3 Å². The van der Waals surface area contributed by atoms with E-state index in [1.807, 2.05) is 0 Å². The first-order valence-corrected chi connectivity index (χ1v) is 5.81. The number of nitro groups is 2. The lowest BCUT2D eigenvalue weighted by molar-refractivity contribution is -0.386. The van der Waals surface area contributed by atoms with Crippen LogP contribution in [0.25, 0.3) is 11.1 Å². The number of alkyl halides is 3. The quantitative estimate of drug-likeness (QED) is 0.628. The van der Waals surface area contributed by atoms with E-state index in [1.54, 1.807) is 0 Å². The Hall–Kier alpha value is -2.97. The van der Waals surface area contributed by atoms with Gasteiger partial charge in [0, 0.05) is 12.1 Å². The van der Waals surface area contributed by atoms with E-state index in [9.17, 15) is 33.4 Å². The average molecular weight is 312 g/mol. The first-order valence-electron chi connectivity index (χ1n) is 5.81. The second-order valence-corrected chi connectivity index (χ2v) is 4.26. The molecular weight excluding hydrogens is 305 g/mol. The van der Waals surface area contributed by atoms with Gasteiger partial charge in [-0.15, -0.1) is 0 Å². The number of benzene rings is 2. The van der Waals surface area contributed by atoms with E-state index in [2.05, 4.69) is 0 Å². The Morgan fingerprint density at radius 2 is 1.36 bits per heavy atom. The van der Waals surface area contributed by atoms with Gasteiger partial charge in [-0.3, -0.25) is 20.2 Å². The molecule has 0 saturated heterocycles. The third-order valence-corrected chi connectivity index (χ3v) is 2.91. The zero-order chi connectivity index (χ0) is 16.5. The van der Waals surface area contributed by atoms with Crippen LogP contribution in [0.3, 0.4) is 0 Å². The molecule has 0 saturated carbocycles. The molecule has 0 bridgehead atoms. The Labute approximate surface area is 121 Å². The maximum absolute atomic E-state index is 12.6. The zero-order valence-electron chi connectivity index (χ0n) is 10.7. The van der Waals surface area contributed by atoms with E-state index in [0.29, 0.717) is 12.1 Å². The monoisotopic (exact) mass is 312 g/mol. The van der Waals surface area contributed by atoms with Crippen molar-refractivity contribution in [1.82, 2.24) is 0 Å². The van der Waals surface area contributed by atoms with Crippen LogP contribution in [-0.2, 0) is 6.18 Å². The first-order chi connectivity index (χ1) is 10.2. The fourth-order valence-corrected chi connectivity index (χ4v) is 1.95. The number of nitrogens with zero attached hydrogens (tertiary/aromatic N) is 2. The molecule has 0 unspecified atom stereocenters. The SMILES string of the molecule is O=[N+]([O-])c1ccccc1-c1ccc(C(F)(F)F)cc1[N+](=O)[O-]. The van der Waals surface area contributed by atoms with Gasteiger partial charge in [0.15, 0.2) is 0 Å². The lowest BCUT2D eigenvalue weighted by Gasteiger charge is -2.09. The lowest BCUT2D eigenvalue weighted by atomic mass is 10.00. The average Bonchev–Trinajstić information content (AvgIpc) is 2.45. The van der Waals surface area contributed by atoms with Crippen LogP contribution in [0, 0.1) is 20.2 Å². The predicted octanol–water partition coefficient (Wildman–Crippen LogP) is 4.19. The van der Waals surface area contributed by atoms with Gasteiger partial charge in [0.05, 0.1) is 26.5 Å². The second-order valence-electron chi connectivity index (χ2n) is 4.26. The highest BCUT2D eigenvalue weighted by atomic mass is 19.4. The minimum absolute atomic E-state index is 0.118. The molecule has 0 N–H and O–H groups in total. The van der Waals surface area contributed by atoms with E-state index in [4.69, 9.17) is 0 Å². The molecule has 6 nitrogen and oxygen atoms in total. The van der Waals surface area contributed by atoms with Crippen LogP contribution in [-0.4, -0.2) is 9.85 Å². The highest BCUT2D eigenvalue weighted by Crippen LogP contribution is 2.39. The summed E-state index contributed by atoms with van der Waals surface area (Å²) in [6.07, 6.45) is -4.74. The standard InChI is InChI=1S/C13H7F3N2O4/c14-13(15,16)8-5-6-10(12(7-8)18(21)22)9-3-1-2-4-11(9)17(19)20/h1-7H. The van der Waals surface area contributed by atoms with Gasteiger partial charge >= 0.3 is 6.18 Å². The van der Waals surface area contributed by atoms with Crippen molar-refractivity contribution < 1.29 is 23.0 Å². The molecule has 0 aliphatic carbocycles. The summed E-state index contributed by atoms with van der Waals surface area (Å²) < 4.78 is 37.9. The van der Waals surface area contributed by atoms with Crippen molar-refractivity contribution in [2.45, 2.75) is 6.18 Å². The van der Waals surface area contributed by atoms with Crippen molar-refractivity contribution in [2.24, 2.45) is 0 Å². The summed E-state index contributed by atoms with van der Waals surface area (Å²) in [6, 6.07) is 7.01. The molecule has 2 rings (SSSR count). The molecule has 9 heteroatoms. The van der Waals surface area contributed by atoms with E-state index >= 15 is 0 Å². The van der Waals surface area contributed by atoms with Gasteiger partial charge in [-0.05, 0) is 18.2 Å². The number of nitro benzene ring substituents is 2. The summed E-state index contributed by atoms with van der Waals surface area (Å²) in [7, 11) is 0. The number of rotatable bonds is 3. The normalized spacial score (nSPS) is 11.2. The fourth-order valence-electron chi connectivity index (χ4n) is 1.95. The summed E-state index contributed by atoms with van der Waals surface area (Å²) in [5, 5.41) is 22.0. The molecule has 0 aromatic heterocycles. The van der Waals surface area contributed by atoms with Crippen molar-refractivity contribution >= 4 is 11.4 Å². The van der Waals surface area contributed by atoms with Crippen LogP contribution in [0.4, 0.5) is 24.5 Å². The van der Waals surface area contributed by atoms with Gasteiger partial charge in [0.25, 0.3) is 11.4 Å². The second kappa shape index (κ2) is 5.43. The number of hydrogen-bond donors (Lipinski definition) is 0. The van der Waals surface area contributed by atoms with Crippen molar-refractivity contribution in [3.8, 4) is 11.1 Å². The Morgan fingerprint density at radius 3 is 1.91 bits per heavy atom. The van der Waals surface area contributed by atoms with Crippen LogP contribution < -0.4 is 0 Å². The highest BCUT2D eigenvalue weighted by molar-refractivity contribution is 5.80. The molecule has 0 heterocycles. The van der Waals surface area contributed by atoms with Gasteiger partial charge < -0.3 is 0 Å². The van der Waals surface area contributed by atoms with E-state index in [1.165, 1.54) is 18.2 Å². The molecule has 2 aromatic rings. The summed E-state index contributed by atoms with van der Waals surface area (Å²) in [4.78, 5) is 20.2. The number of hydrogen-bond acceptors (Lipinski definition) is 4. The molecule has 0 aliphatic heterocycles. The molecule has 0 spiro atoms. The van der Waals surface area contributed by atoms with Crippen molar-refractivity contribution in [3.63, 3.8) is 0 Å². The smallest absolute Gasteiger partial charge is 0.258 e. The minimum atomic E-state index is -4.74. The molecule has 0 amide bonds. The summed E-state index contributed by atoms with van der Waals surface area (Å²) >= 11 is 0. The molecule has 22 heavy (non-hydrogen) atoms. The molecule has 0 aliphatic rings. The van der Waals surface area contributed by atoms with Gasteiger partial charge in [-0.25, -0.2) is 0 Å². The minimum Gasteiger partial charge on any atom is -0.258 e. The lowest BCUT2D eigenvalue weighted by Crippen LogP contribution is -2.06. The molecule has 0 atom stereocenters. The molecule has 2 aromatic carbocycles. The van der Waals surface area contributed by atoms with Crippen LogP contribution in [0.1, 0.15) is 5.56 Å². The Bertz CT molecular complexity index is 759. The first kappa shape index (κ1) is 15.4. The van der Waals surface area contributed by atoms with Gasteiger partial charge in [-0.2, -0.15) is 13.2 Å². The van der Waals surface area contributed by atoms with E-state index in [0.717, 1.165) is 12.1 Å². The van der Waals surface area contributed by atoms with E-state index in [-0.39, 0.29) is 11.1 Å². The van der Waals surface area contributed by atoms with Gasteiger partial charge in [0.1, 0.15) is 0 Å². The van der Waals surface area contributed by atoms with Crippen LogP contribution in [0.5, 0.6) is 0 Å². The fraction of sp³-hybridized carbons (Fsp3) is 0.0769. The van der Waals surface area contributed by atoms with Crippen LogP contribution >= 0.6 is 0 Å². The van der Waals surface area contributed by atoms with Crippen molar-refractivity contribution in [2.75, 3.05) is 0 Å². The number of halogens is 3. The Balaban J connectivity index is 2.72. The third kappa shape index (κ3) is 2.87. The summed E-state index contributed by atoms with van der Waals surface area (Å²) in [5.41, 5.74) is -2.82. The van der Waals surface area contributed by atoms with E-state index < -0.39 is 33.0 Å². The largest absolute Gasteiger partial charge is 0.416 e. The molecule has 0 fully saturated rings. The maximum Gasteiger partial charge on any atom is 0.416 e. The highest BCUT2D eigenvalue weighted by Gasteiger charge is 2.34. The zero-order valence-corrected chi connectivity index (χ0v) is 10.7.